The topological polar surface area (TPSA) is 90.3 Å². The third kappa shape index (κ3) is 4.48. The third-order valence-corrected chi connectivity index (χ3v) is 4.75. The molecule has 0 aromatic carbocycles. The van der Waals surface area contributed by atoms with Gasteiger partial charge in [0.25, 0.3) is 0 Å². The Balaban J connectivity index is 0.00000113. The molecule has 2 aromatic rings. The Morgan fingerprint density at radius 2 is 2.08 bits per heavy atom. The van der Waals surface area contributed by atoms with E-state index in [1.807, 2.05) is 12.1 Å². The molecule has 0 bridgehead atoms. The number of rotatable bonds is 3. The van der Waals surface area contributed by atoms with Gasteiger partial charge in [-0.15, -0.1) is 24.8 Å². The summed E-state index contributed by atoms with van der Waals surface area (Å²) in [6.45, 7) is 3.31. The average molecular weight is 388 g/mol. The van der Waals surface area contributed by atoms with Crippen molar-refractivity contribution in [1.82, 2.24) is 20.0 Å². The fourth-order valence-electron chi connectivity index (χ4n) is 3.47. The molecule has 2 aliphatic rings. The lowest BCUT2D eigenvalue weighted by atomic mass is 9.87. The van der Waals surface area contributed by atoms with Gasteiger partial charge in [-0.3, -0.25) is 9.88 Å². The first kappa shape index (κ1) is 20.1. The molecule has 138 valence electrons. The van der Waals surface area contributed by atoms with Gasteiger partial charge in [0, 0.05) is 37.1 Å². The number of ether oxygens (including phenoxy) is 1. The van der Waals surface area contributed by atoms with Crippen molar-refractivity contribution in [2.75, 3.05) is 19.7 Å². The molecule has 0 radical (unpaired) electrons. The first-order valence-corrected chi connectivity index (χ1v) is 8.07. The van der Waals surface area contributed by atoms with E-state index in [1.54, 1.807) is 12.4 Å². The van der Waals surface area contributed by atoms with Gasteiger partial charge in [-0.1, -0.05) is 5.16 Å². The first-order valence-electron chi connectivity index (χ1n) is 8.07. The number of piperidine rings is 1. The van der Waals surface area contributed by atoms with Crippen LogP contribution >= 0.6 is 24.8 Å². The number of aromatic nitrogens is 3. The zero-order chi connectivity index (χ0) is 15.7. The molecule has 0 saturated carbocycles. The van der Waals surface area contributed by atoms with Crippen LogP contribution in [0.3, 0.4) is 0 Å². The van der Waals surface area contributed by atoms with Crippen LogP contribution in [0.2, 0.25) is 0 Å². The van der Waals surface area contributed by atoms with Gasteiger partial charge in [0.05, 0.1) is 18.8 Å². The lowest BCUT2D eigenvalue weighted by molar-refractivity contribution is -0.0461. The number of hydrogen-bond acceptors (Lipinski definition) is 7. The lowest BCUT2D eigenvalue weighted by Gasteiger charge is -2.38. The van der Waals surface area contributed by atoms with Gasteiger partial charge >= 0.3 is 0 Å². The van der Waals surface area contributed by atoms with E-state index in [1.165, 1.54) is 0 Å². The van der Waals surface area contributed by atoms with Crippen LogP contribution in [0.5, 0.6) is 0 Å². The summed E-state index contributed by atoms with van der Waals surface area (Å²) in [7, 11) is 0. The quantitative estimate of drug-likeness (QED) is 0.861. The van der Waals surface area contributed by atoms with Gasteiger partial charge in [0.1, 0.15) is 0 Å². The molecule has 0 aliphatic carbocycles. The first-order chi connectivity index (χ1) is 11.2. The molecule has 7 nitrogen and oxygen atoms in total. The van der Waals surface area contributed by atoms with Crippen LogP contribution in [-0.2, 0) is 11.3 Å². The van der Waals surface area contributed by atoms with Crippen LogP contribution in [0.25, 0.3) is 11.4 Å². The molecule has 4 heterocycles. The van der Waals surface area contributed by atoms with E-state index < -0.39 is 0 Å². The van der Waals surface area contributed by atoms with Crippen molar-refractivity contribution in [2.45, 2.75) is 37.5 Å². The maximum absolute atomic E-state index is 5.98. The Hall–Kier alpha value is -1.25. The number of nitrogens with two attached hydrogens (primary N) is 1. The predicted molar refractivity (Wildman–Crippen MR) is 97.8 cm³/mol. The van der Waals surface area contributed by atoms with Crippen molar-refractivity contribution in [3.63, 3.8) is 0 Å². The lowest BCUT2D eigenvalue weighted by Crippen LogP contribution is -2.44. The molecule has 25 heavy (non-hydrogen) atoms. The van der Waals surface area contributed by atoms with Crippen LogP contribution in [0.4, 0.5) is 0 Å². The molecule has 0 amide bonds. The highest BCUT2D eigenvalue weighted by atomic mass is 35.5. The van der Waals surface area contributed by atoms with Gasteiger partial charge < -0.3 is 15.0 Å². The van der Waals surface area contributed by atoms with Crippen molar-refractivity contribution in [2.24, 2.45) is 5.73 Å². The van der Waals surface area contributed by atoms with Crippen LogP contribution in [0.1, 0.15) is 25.2 Å². The van der Waals surface area contributed by atoms with Gasteiger partial charge in [0.15, 0.2) is 0 Å². The summed E-state index contributed by atoms with van der Waals surface area (Å²) in [5.74, 6) is 1.23. The van der Waals surface area contributed by atoms with Crippen molar-refractivity contribution < 1.29 is 9.26 Å². The summed E-state index contributed by atoms with van der Waals surface area (Å²) in [4.78, 5) is 10.9. The van der Waals surface area contributed by atoms with Crippen LogP contribution < -0.4 is 5.73 Å². The average Bonchev–Trinajstić information content (AvgIpc) is 3.18. The monoisotopic (exact) mass is 387 g/mol. The van der Waals surface area contributed by atoms with E-state index in [0.717, 1.165) is 37.9 Å². The smallest absolute Gasteiger partial charge is 0.241 e. The summed E-state index contributed by atoms with van der Waals surface area (Å²) in [6.07, 6.45) is 6.48. The molecule has 2 N–H and O–H groups in total. The van der Waals surface area contributed by atoms with Crippen LogP contribution in [-0.4, -0.2) is 51.4 Å². The molecule has 2 aromatic heterocycles. The minimum absolute atomic E-state index is 0. The van der Waals surface area contributed by atoms with E-state index in [4.69, 9.17) is 15.0 Å². The van der Waals surface area contributed by atoms with Crippen LogP contribution in [0.15, 0.2) is 29.0 Å². The molecule has 9 heteroatoms. The summed E-state index contributed by atoms with van der Waals surface area (Å²) in [6, 6.07) is 3.98. The van der Waals surface area contributed by atoms with Gasteiger partial charge in [-0.2, -0.15) is 4.98 Å². The van der Waals surface area contributed by atoms with Crippen LogP contribution in [0, 0.1) is 0 Å². The number of hydrogen-bond donors (Lipinski definition) is 1. The Morgan fingerprint density at radius 1 is 1.28 bits per heavy atom. The molecule has 4 rings (SSSR count). The van der Waals surface area contributed by atoms with E-state index >= 15 is 0 Å². The Kier molecular flexibility index (Phi) is 6.76. The Morgan fingerprint density at radius 3 is 2.72 bits per heavy atom. The second kappa shape index (κ2) is 8.42. The fraction of sp³-hybridized carbons (Fsp3) is 0.562. The highest BCUT2D eigenvalue weighted by Crippen LogP contribution is 2.35. The van der Waals surface area contributed by atoms with Gasteiger partial charge in [0.2, 0.25) is 11.7 Å². The minimum atomic E-state index is 0. The largest absolute Gasteiger partial charge is 0.373 e. The summed E-state index contributed by atoms with van der Waals surface area (Å²) < 4.78 is 11.3. The number of halogens is 2. The normalized spacial score (nSPS) is 22.4. The molecule has 1 spiro atoms. The molecule has 2 fully saturated rings. The third-order valence-electron chi connectivity index (χ3n) is 4.75. The molecule has 1 unspecified atom stereocenters. The standard InChI is InChI=1S/C16H21N5O2.2ClH/c17-13-8-16(22-11-13)3-6-21(7-4-16)10-14-19-15(20-23-14)12-2-1-5-18-9-12;;/h1-2,5,9,13H,3-4,6-8,10-11,17H2;2*1H. The van der Waals surface area contributed by atoms with E-state index in [0.29, 0.717) is 24.9 Å². The zero-order valence-electron chi connectivity index (χ0n) is 13.8. The molecule has 1 atom stereocenters. The SMILES string of the molecule is Cl.Cl.NC1COC2(CCN(Cc3nc(-c4cccnc4)no3)CC2)C1. The molecule has 2 saturated heterocycles. The summed E-state index contributed by atoms with van der Waals surface area (Å²) >= 11 is 0. The maximum Gasteiger partial charge on any atom is 0.241 e. The molecule has 2 aliphatic heterocycles. The summed E-state index contributed by atoms with van der Waals surface area (Å²) in [5, 5.41) is 4.04. The second-order valence-electron chi connectivity index (χ2n) is 6.49. The van der Waals surface area contributed by atoms with Crippen molar-refractivity contribution >= 4 is 24.8 Å². The zero-order valence-corrected chi connectivity index (χ0v) is 15.5. The maximum atomic E-state index is 5.98. The fourth-order valence-corrected chi connectivity index (χ4v) is 3.47. The molecular weight excluding hydrogens is 365 g/mol. The number of nitrogens with zero attached hydrogens (tertiary/aromatic N) is 4. The van der Waals surface area contributed by atoms with Gasteiger partial charge in [-0.25, -0.2) is 0 Å². The van der Waals surface area contributed by atoms with E-state index in [-0.39, 0.29) is 36.5 Å². The van der Waals surface area contributed by atoms with Crippen molar-refractivity contribution in [1.29, 1.82) is 0 Å². The number of likely N-dealkylation sites (tertiary alicyclic amines) is 1. The van der Waals surface area contributed by atoms with Crippen molar-refractivity contribution in [3.8, 4) is 11.4 Å². The van der Waals surface area contributed by atoms with E-state index in [2.05, 4.69) is 20.0 Å². The predicted octanol–water partition coefficient (Wildman–Crippen LogP) is 2.06. The number of pyridine rings is 1. The van der Waals surface area contributed by atoms with Gasteiger partial charge in [-0.05, 0) is 31.4 Å². The Labute approximate surface area is 159 Å². The highest BCUT2D eigenvalue weighted by Gasteiger charge is 2.41. The van der Waals surface area contributed by atoms with E-state index in [9.17, 15) is 0 Å². The highest BCUT2D eigenvalue weighted by molar-refractivity contribution is 5.85. The molecular formula is C16H23Cl2N5O2. The second-order valence-corrected chi connectivity index (χ2v) is 6.49. The van der Waals surface area contributed by atoms with Crippen molar-refractivity contribution in [3.05, 3.63) is 30.4 Å². The minimum Gasteiger partial charge on any atom is -0.373 e. The Bertz CT molecular complexity index is 662. The summed E-state index contributed by atoms with van der Waals surface area (Å²) in [5.41, 5.74) is 6.85.